The van der Waals surface area contributed by atoms with E-state index in [0.717, 1.165) is 11.1 Å². The van der Waals surface area contributed by atoms with Crippen LogP contribution < -0.4 is 15.5 Å². The van der Waals surface area contributed by atoms with Gasteiger partial charge < -0.3 is 25.6 Å². The molecule has 4 rings (SSSR count). The van der Waals surface area contributed by atoms with Crippen molar-refractivity contribution < 1.29 is 38.9 Å². The predicted molar refractivity (Wildman–Crippen MR) is 107 cm³/mol. The molecule has 0 aromatic heterocycles. The second kappa shape index (κ2) is 8.58. The molecule has 3 amide bonds. The Bertz CT molecular complexity index is 993. The van der Waals surface area contributed by atoms with Gasteiger partial charge in [0.1, 0.15) is 18.1 Å². The van der Waals surface area contributed by atoms with Crippen LogP contribution in [0, 0.1) is 0 Å². The molecule has 1 aromatic carbocycles. The van der Waals surface area contributed by atoms with Crippen LogP contribution in [0.2, 0.25) is 0 Å². The number of rotatable bonds is 6. The standard InChI is InChI=1S/C21H23N3O8/c25-15(6-7-16(26)27)22-12-5-4-10-2-1-3-11-8-14(24(18(10)11)20(12)30)19(29)23-13-9-17(28)32-21(13)31/h1-3,12-14,21,31H,4-9H2,(H,22,25)(H,23,29)(H,26,27)/t12-,13-,14-,21?/m0/s1. The van der Waals surface area contributed by atoms with Gasteiger partial charge in [0.2, 0.25) is 24.0 Å². The minimum Gasteiger partial charge on any atom is -0.481 e. The Morgan fingerprint density at radius 1 is 1.09 bits per heavy atom. The Morgan fingerprint density at radius 3 is 2.53 bits per heavy atom. The van der Waals surface area contributed by atoms with Crippen molar-refractivity contribution >= 4 is 35.3 Å². The predicted octanol–water partition coefficient (Wildman–Crippen LogP) is -1.01. The summed E-state index contributed by atoms with van der Waals surface area (Å²) in [7, 11) is 0. The van der Waals surface area contributed by atoms with E-state index >= 15 is 0 Å². The molecule has 1 unspecified atom stereocenters. The van der Waals surface area contributed by atoms with Crippen molar-refractivity contribution in [1.29, 1.82) is 0 Å². The Hall–Kier alpha value is -3.47. The van der Waals surface area contributed by atoms with E-state index in [1.807, 2.05) is 18.2 Å². The average molecular weight is 445 g/mol. The van der Waals surface area contributed by atoms with Crippen LogP contribution in [-0.2, 0) is 41.6 Å². The lowest BCUT2D eigenvalue weighted by atomic mass is 10.0. The molecule has 0 saturated carbocycles. The van der Waals surface area contributed by atoms with E-state index in [-0.39, 0.29) is 25.7 Å². The van der Waals surface area contributed by atoms with Crippen LogP contribution in [0.25, 0.3) is 0 Å². The zero-order chi connectivity index (χ0) is 23.0. The number of para-hydroxylation sites is 1. The normalized spacial score (nSPS) is 26.2. The molecule has 3 aliphatic rings. The summed E-state index contributed by atoms with van der Waals surface area (Å²) >= 11 is 0. The van der Waals surface area contributed by atoms with Crippen molar-refractivity contribution in [3.05, 3.63) is 29.3 Å². The molecular formula is C21H23N3O8. The Kier molecular flexibility index (Phi) is 5.83. The number of aliphatic hydroxyl groups excluding tert-OH is 1. The smallest absolute Gasteiger partial charge is 0.310 e. The maximum absolute atomic E-state index is 13.4. The minimum atomic E-state index is -1.45. The Morgan fingerprint density at radius 2 is 1.84 bits per heavy atom. The summed E-state index contributed by atoms with van der Waals surface area (Å²) in [5.41, 5.74) is 2.32. The number of benzene rings is 1. The largest absolute Gasteiger partial charge is 0.481 e. The van der Waals surface area contributed by atoms with Crippen LogP contribution in [0.3, 0.4) is 0 Å². The molecule has 3 heterocycles. The number of aliphatic carboxylic acids is 1. The van der Waals surface area contributed by atoms with Gasteiger partial charge in [-0.3, -0.25) is 28.9 Å². The maximum atomic E-state index is 13.4. The number of aliphatic hydroxyl groups is 1. The van der Waals surface area contributed by atoms with Gasteiger partial charge in [-0.05, 0) is 24.0 Å². The van der Waals surface area contributed by atoms with E-state index in [0.29, 0.717) is 18.5 Å². The van der Waals surface area contributed by atoms with E-state index in [1.165, 1.54) is 4.90 Å². The Labute approximate surface area is 182 Å². The molecule has 4 N–H and O–H groups in total. The van der Waals surface area contributed by atoms with Crippen molar-refractivity contribution in [3.63, 3.8) is 0 Å². The van der Waals surface area contributed by atoms with Crippen LogP contribution >= 0.6 is 0 Å². The van der Waals surface area contributed by atoms with Crippen LogP contribution in [0.4, 0.5) is 5.69 Å². The number of aryl methyl sites for hydroxylation is 1. The quantitative estimate of drug-likeness (QED) is 0.405. The Balaban J connectivity index is 1.55. The first-order chi connectivity index (χ1) is 15.2. The fourth-order valence-electron chi connectivity index (χ4n) is 4.41. The monoisotopic (exact) mass is 445 g/mol. The molecule has 0 aliphatic carbocycles. The summed E-state index contributed by atoms with van der Waals surface area (Å²) in [5.74, 6) is -3.30. The van der Waals surface area contributed by atoms with E-state index < -0.39 is 54.1 Å². The molecule has 0 bridgehead atoms. The summed E-state index contributed by atoms with van der Waals surface area (Å²) in [6, 6.07) is 2.80. The molecule has 1 fully saturated rings. The number of cyclic esters (lactones) is 1. The topological polar surface area (TPSA) is 162 Å². The fraction of sp³-hybridized carbons (Fsp3) is 0.476. The molecule has 170 valence electrons. The summed E-state index contributed by atoms with van der Waals surface area (Å²) in [6.45, 7) is 0. The van der Waals surface area contributed by atoms with Gasteiger partial charge in [0.15, 0.2) is 0 Å². The number of carbonyl (C=O) groups excluding carboxylic acids is 4. The third kappa shape index (κ3) is 4.15. The van der Waals surface area contributed by atoms with Gasteiger partial charge in [-0.15, -0.1) is 0 Å². The first-order valence-electron chi connectivity index (χ1n) is 10.4. The number of carbonyl (C=O) groups is 5. The maximum Gasteiger partial charge on any atom is 0.310 e. The summed E-state index contributed by atoms with van der Waals surface area (Å²) < 4.78 is 4.66. The lowest BCUT2D eigenvalue weighted by Gasteiger charge is -2.28. The highest BCUT2D eigenvalue weighted by atomic mass is 16.6. The molecule has 0 spiro atoms. The number of ether oxygens (including phenoxy) is 1. The molecule has 11 heteroatoms. The third-order valence-corrected chi connectivity index (χ3v) is 5.92. The molecule has 3 aliphatic heterocycles. The number of carboxylic acids is 1. The van der Waals surface area contributed by atoms with Gasteiger partial charge in [0, 0.05) is 12.8 Å². The van der Waals surface area contributed by atoms with E-state index in [1.54, 1.807) is 0 Å². The van der Waals surface area contributed by atoms with Gasteiger partial charge >= 0.3 is 11.9 Å². The first kappa shape index (κ1) is 21.8. The zero-order valence-electron chi connectivity index (χ0n) is 17.1. The summed E-state index contributed by atoms with van der Waals surface area (Å²) in [5, 5.41) is 23.8. The van der Waals surface area contributed by atoms with Crippen molar-refractivity contribution in [2.24, 2.45) is 0 Å². The SMILES string of the molecule is O=C(O)CCC(=O)N[C@H]1CCc2cccc3c2N(C1=O)[C@H](C(=O)N[C@H]1CC(=O)OC1O)C3. The highest BCUT2D eigenvalue weighted by molar-refractivity contribution is 6.08. The van der Waals surface area contributed by atoms with E-state index in [2.05, 4.69) is 15.4 Å². The number of hydrogen-bond donors (Lipinski definition) is 4. The number of esters is 1. The lowest BCUT2D eigenvalue weighted by molar-refractivity contribution is -0.155. The lowest BCUT2D eigenvalue weighted by Crippen LogP contribution is -2.56. The van der Waals surface area contributed by atoms with Gasteiger partial charge in [0.25, 0.3) is 0 Å². The molecule has 32 heavy (non-hydrogen) atoms. The molecule has 11 nitrogen and oxygen atoms in total. The second-order valence-corrected chi connectivity index (χ2v) is 8.11. The fourth-order valence-corrected chi connectivity index (χ4v) is 4.41. The van der Waals surface area contributed by atoms with Crippen LogP contribution in [0.1, 0.15) is 36.8 Å². The van der Waals surface area contributed by atoms with Gasteiger partial charge in [-0.1, -0.05) is 18.2 Å². The van der Waals surface area contributed by atoms with Crippen LogP contribution in [0.5, 0.6) is 0 Å². The number of nitrogens with one attached hydrogen (secondary N) is 2. The summed E-state index contributed by atoms with van der Waals surface area (Å²) in [6.07, 6.45) is -1.18. The molecule has 0 radical (unpaired) electrons. The molecule has 1 saturated heterocycles. The van der Waals surface area contributed by atoms with Gasteiger partial charge in [-0.25, -0.2) is 0 Å². The molecule has 1 aromatic rings. The first-order valence-corrected chi connectivity index (χ1v) is 10.4. The average Bonchev–Trinajstić information content (AvgIpc) is 3.24. The highest BCUT2D eigenvalue weighted by Crippen LogP contribution is 2.39. The minimum absolute atomic E-state index is 0.173. The van der Waals surface area contributed by atoms with Crippen LogP contribution in [-0.4, -0.2) is 64.3 Å². The summed E-state index contributed by atoms with van der Waals surface area (Å²) in [4.78, 5) is 62.1. The number of anilines is 1. The van der Waals surface area contributed by atoms with E-state index in [9.17, 15) is 29.1 Å². The van der Waals surface area contributed by atoms with E-state index in [4.69, 9.17) is 5.11 Å². The highest BCUT2D eigenvalue weighted by Gasteiger charge is 2.45. The van der Waals surface area contributed by atoms with Gasteiger partial charge in [0.05, 0.1) is 18.5 Å². The number of hydrogen-bond acceptors (Lipinski definition) is 7. The third-order valence-electron chi connectivity index (χ3n) is 5.92. The van der Waals surface area contributed by atoms with Crippen LogP contribution in [0.15, 0.2) is 18.2 Å². The zero-order valence-corrected chi connectivity index (χ0v) is 17.1. The van der Waals surface area contributed by atoms with Crippen molar-refractivity contribution in [3.8, 4) is 0 Å². The van der Waals surface area contributed by atoms with Crippen molar-refractivity contribution in [2.75, 3.05) is 4.90 Å². The second-order valence-electron chi connectivity index (χ2n) is 8.11. The number of amides is 3. The van der Waals surface area contributed by atoms with Crippen molar-refractivity contribution in [2.45, 2.75) is 62.9 Å². The molecular weight excluding hydrogens is 422 g/mol. The number of nitrogens with zero attached hydrogens (tertiary/aromatic N) is 1. The van der Waals surface area contributed by atoms with Gasteiger partial charge in [-0.2, -0.15) is 0 Å². The molecule has 4 atom stereocenters. The van der Waals surface area contributed by atoms with Crippen molar-refractivity contribution in [1.82, 2.24) is 10.6 Å². The number of carboxylic acid groups (broad SMARTS) is 1.